The minimum Gasteiger partial charge on any atom is -0.468 e. The largest absolute Gasteiger partial charge is 0.468 e. The molecule has 4 heteroatoms. The maximum atomic E-state index is 11.7. The predicted molar refractivity (Wildman–Crippen MR) is 80.6 cm³/mol. The molecular weight excluding hydrogens is 252 g/mol. The first-order chi connectivity index (χ1) is 9.38. The predicted octanol–water partition coefficient (Wildman–Crippen LogP) is 2.53. The molecule has 0 aliphatic carbocycles. The van der Waals surface area contributed by atoms with Gasteiger partial charge < -0.3 is 9.30 Å². The molecule has 108 valence electrons. The van der Waals surface area contributed by atoms with Gasteiger partial charge >= 0.3 is 5.97 Å². The molecule has 0 saturated carbocycles. The molecule has 1 aromatic heterocycles. The van der Waals surface area contributed by atoms with Crippen molar-refractivity contribution in [3.63, 3.8) is 0 Å². The second kappa shape index (κ2) is 5.29. The lowest BCUT2D eigenvalue weighted by Gasteiger charge is -2.23. The molecule has 0 saturated heterocycles. The highest BCUT2D eigenvalue weighted by molar-refractivity contribution is 5.85. The van der Waals surface area contributed by atoms with E-state index >= 15 is 0 Å². The van der Waals surface area contributed by atoms with Crippen LogP contribution in [0.15, 0.2) is 24.3 Å². The fourth-order valence-electron chi connectivity index (χ4n) is 2.52. The summed E-state index contributed by atoms with van der Waals surface area (Å²) in [7, 11) is 3.46. The average Bonchev–Trinajstić information content (AvgIpc) is 2.68. The minimum absolute atomic E-state index is 0.256. The summed E-state index contributed by atoms with van der Waals surface area (Å²) in [6, 6.07) is 8.32. The van der Waals surface area contributed by atoms with Gasteiger partial charge in [-0.05, 0) is 32.4 Å². The zero-order valence-electron chi connectivity index (χ0n) is 12.8. The number of ether oxygens (including phenoxy) is 1. The van der Waals surface area contributed by atoms with E-state index in [9.17, 15) is 4.79 Å². The topological polar surface area (TPSA) is 43.3 Å². The third-order valence-corrected chi connectivity index (χ3v) is 3.90. The Bertz CT molecular complexity index is 602. The second-order valence-corrected chi connectivity index (χ2v) is 5.62. The standard InChI is InChI=1S/C16H22N2O2/c1-11-12-8-6-7-9-13(12)18(4)14(11)10-17-16(2,3)15(19)20-5/h6-9,17H,10H2,1-5H3. The number of aromatic nitrogens is 1. The summed E-state index contributed by atoms with van der Waals surface area (Å²) < 4.78 is 6.99. The molecule has 4 nitrogen and oxygen atoms in total. The van der Waals surface area contributed by atoms with Crippen LogP contribution in [0, 0.1) is 6.92 Å². The van der Waals surface area contributed by atoms with Gasteiger partial charge in [-0.15, -0.1) is 0 Å². The zero-order chi connectivity index (χ0) is 14.9. The van der Waals surface area contributed by atoms with E-state index in [1.165, 1.54) is 29.3 Å². The lowest BCUT2D eigenvalue weighted by atomic mass is 10.1. The molecule has 0 bridgehead atoms. The van der Waals surface area contributed by atoms with Gasteiger partial charge in [-0.25, -0.2) is 0 Å². The molecule has 0 spiro atoms. The highest BCUT2D eigenvalue weighted by Gasteiger charge is 2.28. The summed E-state index contributed by atoms with van der Waals surface area (Å²) in [5.41, 5.74) is 2.94. The Kier molecular flexibility index (Phi) is 3.86. The number of nitrogens with zero attached hydrogens (tertiary/aromatic N) is 1. The van der Waals surface area contributed by atoms with Crippen LogP contribution in [0.3, 0.4) is 0 Å². The summed E-state index contributed by atoms with van der Waals surface area (Å²) in [4.78, 5) is 11.7. The van der Waals surface area contributed by atoms with Crippen LogP contribution < -0.4 is 5.32 Å². The van der Waals surface area contributed by atoms with Crippen molar-refractivity contribution >= 4 is 16.9 Å². The maximum absolute atomic E-state index is 11.7. The Balaban J connectivity index is 2.29. The third kappa shape index (κ3) is 2.43. The van der Waals surface area contributed by atoms with E-state index in [1.54, 1.807) is 0 Å². The van der Waals surface area contributed by atoms with E-state index in [0.29, 0.717) is 6.54 Å². The number of hydrogen-bond acceptors (Lipinski definition) is 3. The molecule has 0 aliphatic heterocycles. The van der Waals surface area contributed by atoms with E-state index < -0.39 is 5.54 Å². The van der Waals surface area contributed by atoms with Crippen LogP contribution in [0.5, 0.6) is 0 Å². The van der Waals surface area contributed by atoms with Gasteiger partial charge in [-0.3, -0.25) is 10.1 Å². The molecule has 0 unspecified atom stereocenters. The number of carbonyl (C=O) groups is 1. The Morgan fingerprint density at radius 2 is 2.00 bits per heavy atom. The van der Waals surface area contributed by atoms with Gasteiger partial charge in [0.2, 0.25) is 0 Å². The van der Waals surface area contributed by atoms with Crippen LogP contribution in [0.2, 0.25) is 0 Å². The number of nitrogens with one attached hydrogen (secondary N) is 1. The third-order valence-electron chi connectivity index (χ3n) is 3.90. The smallest absolute Gasteiger partial charge is 0.325 e. The Morgan fingerprint density at radius 1 is 1.35 bits per heavy atom. The molecule has 0 radical (unpaired) electrons. The molecule has 20 heavy (non-hydrogen) atoms. The normalized spacial score (nSPS) is 11.8. The molecule has 0 amide bonds. The lowest BCUT2D eigenvalue weighted by Crippen LogP contribution is -2.47. The van der Waals surface area contributed by atoms with Gasteiger partial charge in [0.15, 0.2) is 0 Å². The number of aryl methyl sites for hydroxylation is 2. The van der Waals surface area contributed by atoms with E-state index in [4.69, 9.17) is 4.74 Å². The number of para-hydroxylation sites is 1. The fourth-order valence-corrected chi connectivity index (χ4v) is 2.52. The monoisotopic (exact) mass is 274 g/mol. The Hall–Kier alpha value is -1.81. The molecule has 0 fully saturated rings. The summed E-state index contributed by atoms with van der Waals surface area (Å²) in [6.07, 6.45) is 0. The van der Waals surface area contributed by atoms with Gasteiger partial charge in [0.05, 0.1) is 7.11 Å². The molecule has 0 atom stereocenters. The van der Waals surface area contributed by atoms with Crippen LogP contribution in [-0.4, -0.2) is 23.2 Å². The first-order valence-electron chi connectivity index (χ1n) is 6.75. The van der Waals surface area contributed by atoms with Gasteiger partial charge in [0, 0.05) is 30.2 Å². The number of esters is 1. The summed E-state index contributed by atoms with van der Waals surface area (Å²) in [5, 5.41) is 4.53. The van der Waals surface area contributed by atoms with Crippen molar-refractivity contribution in [3.8, 4) is 0 Å². The van der Waals surface area contributed by atoms with Crippen molar-refractivity contribution in [1.82, 2.24) is 9.88 Å². The average molecular weight is 274 g/mol. The van der Waals surface area contributed by atoms with Crippen molar-refractivity contribution < 1.29 is 9.53 Å². The lowest BCUT2D eigenvalue weighted by molar-refractivity contribution is -0.147. The highest BCUT2D eigenvalue weighted by Crippen LogP contribution is 2.24. The van der Waals surface area contributed by atoms with Crippen molar-refractivity contribution in [2.75, 3.05) is 7.11 Å². The summed E-state index contributed by atoms with van der Waals surface area (Å²) in [6.45, 7) is 6.40. The van der Waals surface area contributed by atoms with E-state index in [2.05, 4.69) is 36.0 Å². The number of methoxy groups -OCH3 is 1. The van der Waals surface area contributed by atoms with E-state index in [-0.39, 0.29) is 5.97 Å². The molecule has 2 rings (SSSR count). The Labute approximate surface area is 119 Å². The van der Waals surface area contributed by atoms with Crippen LogP contribution in [0.25, 0.3) is 10.9 Å². The number of rotatable bonds is 4. The van der Waals surface area contributed by atoms with Crippen molar-refractivity contribution in [2.24, 2.45) is 7.05 Å². The van der Waals surface area contributed by atoms with Crippen molar-refractivity contribution in [1.29, 1.82) is 0 Å². The van der Waals surface area contributed by atoms with Crippen LogP contribution in [0.4, 0.5) is 0 Å². The molecule has 2 aromatic rings. The number of benzene rings is 1. The van der Waals surface area contributed by atoms with Gasteiger partial charge in [0.1, 0.15) is 5.54 Å². The first-order valence-corrected chi connectivity index (χ1v) is 6.75. The minimum atomic E-state index is -0.697. The van der Waals surface area contributed by atoms with Crippen LogP contribution >= 0.6 is 0 Å². The fraction of sp³-hybridized carbons (Fsp3) is 0.438. The molecule has 0 aliphatic rings. The van der Waals surface area contributed by atoms with E-state index in [0.717, 1.165) is 0 Å². The zero-order valence-corrected chi connectivity index (χ0v) is 12.8. The molecule has 1 heterocycles. The van der Waals surface area contributed by atoms with Crippen LogP contribution in [-0.2, 0) is 23.1 Å². The quantitative estimate of drug-likeness (QED) is 0.871. The number of fused-ring (bicyclic) bond motifs is 1. The highest BCUT2D eigenvalue weighted by atomic mass is 16.5. The van der Waals surface area contributed by atoms with Crippen molar-refractivity contribution in [2.45, 2.75) is 32.9 Å². The Morgan fingerprint density at radius 3 is 2.60 bits per heavy atom. The van der Waals surface area contributed by atoms with Gasteiger partial charge in [0.25, 0.3) is 0 Å². The SMILES string of the molecule is COC(=O)C(C)(C)NCc1c(C)c2ccccc2n1C. The van der Waals surface area contributed by atoms with E-state index in [1.807, 2.05) is 26.0 Å². The first kappa shape index (κ1) is 14.6. The molecular formula is C16H22N2O2. The van der Waals surface area contributed by atoms with Crippen LogP contribution in [0.1, 0.15) is 25.1 Å². The van der Waals surface area contributed by atoms with Gasteiger partial charge in [-0.2, -0.15) is 0 Å². The summed E-state index contributed by atoms with van der Waals surface area (Å²) >= 11 is 0. The summed E-state index contributed by atoms with van der Waals surface area (Å²) in [5.74, 6) is -0.256. The second-order valence-electron chi connectivity index (χ2n) is 5.62. The molecule has 1 aromatic carbocycles. The number of hydrogen-bond donors (Lipinski definition) is 1. The maximum Gasteiger partial charge on any atom is 0.325 e. The van der Waals surface area contributed by atoms with Gasteiger partial charge in [-0.1, -0.05) is 18.2 Å². The molecule has 1 N–H and O–H groups in total. The number of carbonyl (C=O) groups excluding carboxylic acids is 1. The van der Waals surface area contributed by atoms with Crippen molar-refractivity contribution in [3.05, 3.63) is 35.5 Å².